The quantitative estimate of drug-likeness (QED) is 0.467. The fourth-order valence-corrected chi connectivity index (χ4v) is 5.22. The minimum Gasteiger partial charge on any atom is -0.494 e. The van der Waals surface area contributed by atoms with Crippen molar-refractivity contribution in [2.45, 2.75) is 66.0 Å². The van der Waals surface area contributed by atoms with Crippen molar-refractivity contribution in [1.82, 2.24) is 9.55 Å². The molecule has 5 nitrogen and oxygen atoms in total. The van der Waals surface area contributed by atoms with Crippen molar-refractivity contribution in [2.24, 2.45) is 11.3 Å². The molecule has 0 spiro atoms. The largest absolute Gasteiger partial charge is 0.494 e. The highest BCUT2D eigenvalue weighted by Crippen LogP contribution is 2.46. The Labute approximate surface area is 185 Å². The molecule has 1 N–H and O–H groups in total. The molecule has 1 saturated carbocycles. The molecule has 4 rings (SSSR count). The fourth-order valence-electron chi connectivity index (χ4n) is 5.22. The number of methoxy groups -OCH3 is 1. The van der Waals surface area contributed by atoms with Crippen molar-refractivity contribution >= 4 is 22.7 Å². The Balaban J connectivity index is 1.74. The van der Waals surface area contributed by atoms with Gasteiger partial charge in [0.1, 0.15) is 17.0 Å². The molecule has 1 heterocycles. The van der Waals surface area contributed by atoms with E-state index in [0.29, 0.717) is 17.4 Å². The van der Waals surface area contributed by atoms with Crippen LogP contribution in [0.3, 0.4) is 0 Å². The first-order chi connectivity index (χ1) is 14.8. The van der Waals surface area contributed by atoms with E-state index in [1.807, 2.05) is 44.2 Å². The van der Waals surface area contributed by atoms with E-state index in [0.717, 1.165) is 47.0 Å². The van der Waals surface area contributed by atoms with Crippen molar-refractivity contribution in [3.63, 3.8) is 0 Å². The zero-order valence-electron chi connectivity index (χ0n) is 19.6. The SMILES string of the molecule is COc1cccc2c1nc(Nc1ccc(OC(C)C)cc1)n2[C@@H]1C[C@H](C)CC(C)(C)C1. The molecule has 0 amide bonds. The topological polar surface area (TPSA) is 48.3 Å². The van der Waals surface area contributed by atoms with Gasteiger partial charge in [-0.3, -0.25) is 0 Å². The average Bonchev–Trinajstić information content (AvgIpc) is 3.05. The number of aromatic nitrogens is 2. The summed E-state index contributed by atoms with van der Waals surface area (Å²) < 4.78 is 13.8. The molecule has 1 fully saturated rings. The number of imidazole rings is 1. The monoisotopic (exact) mass is 421 g/mol. The summed E-state index contributed by atoms with van der Waals surface area (Å²) in [5, 5.41) is 3.57. The van der Waals surface area contributed by atoms with E-state index in [1.54, 1.807) is 7.11 Å². The zero-order valence-corrected chi connectivity index (χ0v) is 19.6. The molecule has 1 aromatic heterocycles. The highest BCUT2D eigenvalue weighted by Gasteiger charge is 2.35. The van der Waals surface area contributed by atoms with Gasteiger partial charge in [0.15, 0.2) is 0 Å². The lowest BCUT2D eigenvalue weighted by Crippen LogP contribution is -2.29. The van der Waals surface area contributed by atoms with E-state index in [9.17, 15) is 0 Å². The lowest BCUT2D eigenvalue weighted by Gasteiger charge is -2.40. The van der Waals surface area contributed by atoms with E-state index < -0.39 is 0 Å². The smallest absolute Gasteiger partial charge is 0.208 e. The molecule has 0 bridgehead atoms. The molecule has 0 unspecified atom stereocenters. The van der Waals surface area contributed by atoms with Gasteiger partial charge in [-0.1, -0.05) is 26.8 Å². The molecule has 0 aliphatic heterocycles. The molecule has 1 aliphatic rings. The Kier molecular flexibility index (Phi) is 5.87. The zero-order chi connectivity index (χ0) is 22.2. The highest BCUT2D eigenvalue weighted by molar-refractivity contribution is 5.85. The van der Waals surface area contributed by atoms with Crippen molar-refractivity contribution in [3.8, 4) is 11.5 Å². The van der Waals surface area contributed by atoms with Crippen molar-refractivity contribution in [2.75, 3.05) is 12.4 Å². The summed E-state index contributed by atoms with van der Waals surface area (Å²) in [6.07, 6.45) is 3.71. The van der Waals surface area contributed by atoms with E-state index in [1.165, 1.54) is 6.42 Å². The van der Waals surface area contributed by atoms with E-state index in [-0.39, 0.29) is 6.10 Å². The number of hydrogen-bond acceptors (Lipinski definition) is 4. The predicted molar refractivity (Wildman–Crippen MR) is 128 cm³/mol. The lowest BCUT2D eigenvalue weighted by molar-refractivity contribution is 0.140. The first kappa shape index (κ1) is 21.5. The van der Waals surface area contributed by atoms with Gasteiger partial charge in [0, 0.05) is 11.7 Å². The molecule has 2 aromatic carbocycles. The molecule has 0 saturated heterocycles. The number of fused-ring (bicyclic) bond motifs is 1. The maximum Gasteiger partial charge on any atom is 0.208 e. The van der Waals surface area contributed by atoms with Gasteiger partial charge < -0.3 is 19.4 Å². The first-order valence-corrected chi connectivity index (χ1v) is 11.3. The van der Waals surface area contributed by atoms with Crippen molar-refractivity contribution < 1.29 is 9.47 Å². The summed E-state index contributed by atoms with van der Waals surface area (Å²) in [7, 11) is 1.71. The minimum absolute atomic E-state index is 0.159. The van der Waals surface area contributed by atoms with Crippen molar-refractivity contribution in [3.05, 3.63) is 42.5 Å². The van der Waals surface area contributed by atoms with Gasteiger partial charge in [-0.2, -0.15) is 0 Å². The number of nitrogens with one attached hydrogen (secondary N) is 1. The van der Waals surface area contributed by atoms with Crippen LogP contribution in [0.5, 0.6) is 11.5 Å². The predicted octanol–water partition coefficient (Wildman–Crippen LogP) is 6.96. The standard InChI is InChI=1S/C26H35N3O2/c1-17(2)31-21-12-10-19(11-13-21)27-25-28-24-22(8-7-9-23(24)30-6)29(25)20-14-18(3)15-26(4,5)16-20/h7-13,17-18,20H,14-16H2,1-6H3,(H,27,28)/t18-,20+/m0/s1. The number of ether oxygens (including phenoxy) is 2. The lowest BCUT2D eigenvalue weighted by atomic mass is 9.70. The van der Waals surface area contributed by atoms with Crippen LogP contribution >= 0.6 is 0 Å². The molecule has 3 aromatic rings. The average molecular weight is 422 g/mol. The molecular weight excluding hydrogens is 386 g/mol. The summed E-state index contributed by atoms with van der Waals surface area (Å²) in [5.41, 5.74) is 3.33. The molecule has 0 radical (unpaired) electrons. The molecular formula is C26H35N3O2. The van der Waals surface area contributed by atoms with E-state index in [4.69, 9.17) is 14.5 Å². The first-order valence-electron chi connectivity index (χ1n) is 11.3. The van der Waals surface area contributed by atoms with Crippen molar-refractivity contribution in [1.29, 1.82) is 0 Å². The summed E-state index contributed by atoms with van der Waals surface area (Å²) in [4.78, 5) is 4.99. The second kappa shape index (κ2) is 8.45. The Bertz CT molecular complexity index is 1040. The maximum atomic E-state index is 5.79. The Morgan fingerprint density at radius 1 is 1.10 bits per heavy atom. The van der Waals surface area contributed by atoms with Gasteiger partial charge in [-0.05, 0) is 80.8 Å². The van der Waals surface area contributed by atoms with E-state index in [2.05, 4.69) is 42.8 Å². The van der Waals surface area contributed by atoms with Crippen LogP contribution in [0.4, 0.5) is 11.6 Å². The Morgan fingerprint density at radius 3 is 2.48 bits per heavy atom. The van der Waals surface area contributed by atoms with Crippen LogP contribution in [-0.4, -0.2) is 22.8 Å². The number of nitrogens with zero attached hydrogens (tertiary/aromatic N) is 2. The normalized spacial score (nSPS) is 20.7. The van der Waals surface area contributed by atoms with Gasteiger partial charge in [0.05, 0.1) is 18.7 Å². The van der Waals surface area contributed by atoms with Crippen LogP contribution in [0.2, 0.25) is 0 Å². The third kappa shape index (κ3) is 4.65. The molecule has 166 valence electrons. The van der Waals surface area contributed by atoms with E-state index >= 15 is 0 Å². The summed E-state index contributed by atoms with van der Waals surface area (Å²) in [6, 6.07) is 14.7. The molecule has 1 aliphatic carbocycles. The summed E-state index contributed by atoms with van der Waals surface area (Å²) >= 11 is 0. The van der Waals surface area contributed by atoms with Crippen LogP contribution in [0.15, 0.2) is 42.5 Å². The third-order valence-corrected chi connectivity index (χ3v) is 6.11. The number of para-hydroxylation sites is 1. The second-order valence-corrected chi connectivity index (χ2v) is 10.0. The summed E-state index contributed by atoms with van der Waals surface area (Å²) in [5.74, 6) is 3.23. The van der Waals surface area contributed by atoms with Gasteiger partial charge in [0.2, 0.25) is 5.95 Å². The molecule has 2 atom stereocenters. The van der Waals surface area contributed by atoms with Gasteiger partial charge in [0.25, 0.3) is 0 Å². The second-order valence-electron chi connectivity index (χ2n) is 10.0. The van der Waals surface area contributed by atoms with Crippen LogP contribution in [0.1, 0.15) is 59.9 Å². The Morgan fingerprint density at radius 2 is 1.84 bits per heavy atom. The maximum absolute atomic E-state index is 5.79. The minimum atomic E-state index is 0.159. The van der Waals surface area contributed by atoms with Crippen LogP contribution in [0, 0.1) is 11.3 Å². The van der Waals surface area contributed by atoms with Crippen LogP contribution < -0.4 is 14.8 Å². The highest BCUT2D eigenvalue weighted by atomic mass is 16.5. The number of hydrogen-bond donors (Lipinski definition) is 1. The number of benzene rings is 2. The van der Waals surface area contributed by atoms with Gasteiger partial charge in [-0.15, -0.1) is 0 Å². The fraction of sp³-hybridized carbons (Fsp3) is 0.500. The number of anilines is 2. The van der Waals surface area contributed by atoms with Gasteiger partial charge in [-0.25, -0.2) is 4.98 Å². The summed E-state index contributed by atoms with van der Waals surface area (Å²) in [6.45, 7) is 11.2. The third-order valence-electron chi connectivity index (χ3n) is 6.11. The Hall–Kier alpha value is -2.69. The number of rotatable bonds is 6. The molecule has 5 heteroatoms. The van der Waals surface area contributed by atoms with Crippen LogP contribution in [0.25, 0.3) is 11.0 Å². The van der Waals surface area contributed by atoms with Crippen LogP contribution in [-0.2, 0) is 0 Å². The molecule has 31 heavy (non-hydrogen) atoms. The van der Waals surface area contributed by atoms with Gasteiger partial charge >= 0.3 is 0 Å².